The quantitative estimate of drug-likeness (QED) is 0.735. The fourth-order valence-corrected chi connectivity index (χ4v) is 3.34. The van der Waals surface area contributed by atoms with Crippen LogP contribution in [-0.4, -0.2) is 33.0 Å². The molecule has 0 bridgehead atoms. The van der Waals surface area contributed by atoms with E-state index in [-0.39, 0.29) is 11.6 Å². The van der Waals surface area contributed by atoms with Gasteiger partial charge in [0.1, 0.15) is 5.01 Å². The number of aromatic nitrogens is 2. The monoisotopic (exact) mass is 343 g/mol. The highest BCUT2D eigenvalue weighted by atomic mass is 32.1. The van der Waals surface area contributed by atoms with Crippen molar-refractivity contribution in [1.82, 2.24) is 14.9 Å². The summed E-state index contributed by atoms with van der Waals surface area (Å²) in [5.74, 6) is 0.545. The first-order valence-electron chi connectivity index (χ1n) is 7.90. The minimum absolute atomic E-state index is 0.282. The van der Waals surface area contributed by atoms with Gasteiger partial charge in [0, 0.05) is 46.3 Å². The molecule has 0 radical (unpaired) electrons. The van der Waals surface area contributed by atoms with E-state index < -0.39 is 0 Å². The van der Waals surface area contributed by atoms with E-state index in [9.17, 15) is 4.79 Å². The van der Waals surface area contributed by atoms with Crippen LogP contribution in [0, 0.1) is 0 Å². The maximum atomic E-state index is 12.5. The van der Waals surface area contributed by atoms with Crippen molar-refractivity contribution in [2.75, 3.05) is 6.54 Å². The number of benzene rings is 1. The van der Waals surface area contributed by atoms with Gasteiger partial charge in [-0.1, -0.05) is 6.07 Å². The van der Waals surface area contributed by atoms with Gasteiger partial charge in [-0.15, -0.1) is 11.3 Å². The molecule has 2 aromatic heterocycles. The summed E-state index contributed by atoms with van der Waals surface area (Å²) in [5.41, 5.74) is 1.68. The SMILES string of the molecule is CCN(C(=O)Oc1c[nH]c2cc(-c3nccs3)ccc12)C(C)(C)C. The van der Waals surface area contributed by atoms with Crippen LogP contribution in [-0.2, 0) is 0 Å². The fourth-order valence-electron chi connectivity index (χ4n) is 2.71. The largest absolute Gasteiger partial charge is 0.415 e. The molecule has 1 aromatic carbocycles. The summed E-state index contributed by atoms with van der Waals surface area (Å²) in [5, 5.41) is 3.80. The van der Waals surface area contributed by atoms with Crippen LogP contribution in [0.2, 0.25) is 0 Å². The number of hydrogen-bond donors (Lipinski definition) is 1. The maximum absolute atomic E-state index is 12.5. The first kappa shape index (κ1) is 16.5. The summed E-state index contributed by atoms with van der Waals surface area (Å²) in [4.78, 5) is 21.7. The van der Waals surface area contributed by atoms with Gasteiger partial charge in [0.2, 0.25) is 0 Å². The Morgan fingerprint density at radius 3 is 2.79 bits per heavy atom. The van der Waals surface area contributed by atoms with Gasteiger partial charge in [0.05, 0.1) is 0 Å². The Kier molecular flexibility index (Phi) is 4.32. The van der Waals surface area contributed by atoms with Crippen molar-refractivity contribution >= 4 is 28.3 Å². The molecule has 24 heavy (non-hydrogen) atoms. The van der Waals surface area contributed by atoms with Gasteiger partial charge in [-0.05, 0) is 39.8 Å². The Labute approximate surface area is 145 Å². The number of nitrogens with zero attached hydrogens (tertiary/aromatic N) is 2. The van der Waals surface area contributed by atoms with Crippen LogP contribution >= 0.6 is 11.3 Å². The van der Waals surface area contributed by atoms with Crippen LogP contribution in [0.3, 0.4) is 0 Å². The summed E-state index contributed by atoms with van der Waals surface area (Å²) < 4.78 is 5.62. The average molecular weight is 343 g/mol. The van der Waals surface area contributed by atoms with E-state index in [2.05, 4.69) is 9.97 Å². The second kappa shape index (κ2) is 6.28. The van der Waals surface area contributed by atoms with Crippen LogP contribution in [0.1, 0.15) is 27.7 Å². The molecule has 0 saturated carbocycles. The number of nitrogens with one attached hydrogen (secondary N) is 1. The van der Waals surface area contributed by atoms with Gasteiger partial charge >= 0.3 is 6.09 Å². The summed E-state index contributed by atoms with van der Waals surface area (Å²) in [7, 11) is 0. The summed E-state index contributed by atoms with van der Waals surface area (Å²) in [6, 6.07) is 5.97. The topological polar surface area (TPSA) is 58.2 Å². The molecular weight excluding hydrogens is 322 g/mol. The average Bonchev–Trinajstić information content (AvgIpc) is 3.16. The van der Waals surface area contributed by atoms with Crippen LogP contribution in [0.4, 0.5) is 4.79 Å². The standard InChI is InChI=1S/C18H21N3O2S/c1-5-21(18(2,3)4)17(22)23-15-11-20-14-10-12(6-7-13(14)15)16-19-8-9-24-16/h6-11,20H,5H2,1-4H3. The second-order valence-electron chi connectivity index (χ2n) is 6.53. The second-order valence-corrected chi connectivity index (χ2v) is 7.43. The zero-order chi connectivity index (χ0) is 17.3. The van der Waals surface area contributed by atoms with E-state index in [0.717, 1.165) is 21.5 Å². The summed E-state index contributed by atoms with van der Waals surface area (Å²) in [6.07, 6.45) is 3.18. The highest BCUT2D eigenvalue weighted by molar-refractivity contribution is 7.13. The molecule has 2 heterocycles. The lowest BCUT2D eigenvalue weighted by Gasteiger charge is -2.33. The predicted octanol–water partition coefficient (Wildman–Crippen LogP) is 4.91. The third kappa shape index (κ3) is 3.14. The van der Waals surface area contributed by atoms with Gasteiger partial charge in [-0.25, -0.2) is 9.78 Å². The van der Waals surface area contributed by atoms with Crippen LogP contribution < -0.4 is 4.74 Å². The van der Waals surface area contributed by atoms with Gasteiger partial charge < -0.3 is 14.6 Å². The normalized spacial score (nSPS) is 11.7. The molecule has 0 unspecified atom stereocenters. The Morgan fingerprint density at radius 1 is 1.38 bits per heavy atom. The lowest BCUT2D eigenvalue weighted by atomic mass is 10.1. The summed E-state index contributed by atoms with van der Waals surface area (Å²) >= 11 is 1.59. The minimum Gasteiger partial charge on any atom is -0.408 e. The zero-order valence-corrected chi connectivity index (χ0v) is 15.1. The third-order valence-corrected chi connectivity index (χ3v) is 4.69. The molecule has 6 heteroatoms. The Morgan fingerprint density at radius 2 is 2.17 bits per heavy atom. The van der Waals surface area contributed by atoms with Crippen molar-refractivity contribution in [3.05, 3.63) is 36.0 Å². The molecule has 0 atom stereocenters. The lowest BCUT2D eigenvalue weighted by Crippen LogP contribution is -2.46. The highest BCUT2D eigenvalue weighted by Crippen LogP contribution is 2.31. The molecular formula is C18H21N3O2S. The summed E-state index contributed by atoms with van der Waals surface area (Å²) in [6.45, 7) is 8.52. The van der Waals surface area contributed by atoms with Crippen molar-refractivity contribution in [3.8, 4) is 16.3 Å². The number of hydrogen-bond acceptors (Lipinski definition) is 4. The lowest BCUT2D eigenvalue weighted by molar-refractivity contribution is 0.111. The Hall–Kier alpha value is -2.34. The van der Waals surface area contributed by atoms with Crippen LogP contribution in [0.25, 0.3) is 21.5 Å². The molecule has 1 amide bonds. The number of thiazole rings is 1. The van der Waals surface area contributed by atoms with Crippen molar-refractivity contribution < 1.29 is 9.53 Å². The minimum atomic E-state index is -0.338. The number of carbonyl (C=O) groups excluding carboxylic acids is 1. The molecule has 5 nitrogen and oxygen atoms in total. The third-order valence-electron chi connectivity index (χ3n) is 3.87. The van der Waals surface area contributed by atoms with Gasteiger partial charge in [-0.2, -0.15) is 0 Å². The molecule has 0 spiro atoms. The number of amides is 1. The molecule has 3 rings (SSSR count). The van der Waals surface area contributed by atoms with E-state index in [1.807, 2.05) is 51.3 Å². The number of aromatic amines is 1. The molecule has 0 aliphatic rings. The number of fused-ring (bicyclic) bond motifs is 1. The van der Waals surface area contributed by atoms with E-state index >= 15 is 0 Å². The highest BCUT2D eigenvalue weighted by Gasteiger charge is 2.27. The molecule has 1 N–H and O–H groups in total. The maximum Gasteiger partial charge on any atom is 0.415 e. The van der Waals surface area contributed by atoms with Crippen molar-refractivity contribution in [3.63, 3.8) is 0 Å². The molecule has 3 aromatic rings. The van der Waals surface area contributed by atoms with E-state index in [4.69, 9.17) is 4.74 Å². The van der Waals surface area contributed by atoms with Crippen LogP contribution in [0.5, 0.6) is 5.75 Å². The molecule has 0 fully saturated rings. The first-order valence-corrected chi connectivity index (χ1v) is 8.78. The molecule has 0 aliphatic heterocycles. The molecule has 0 aliphatic carbocycles. The smallest absolute Gasteiger partial charge is 0.408 e. The van der Waals surface area contributed by atoms with Gasteiger partial charge in [0.15, 0.2) is 5.75 Å². The number of H-pyrrole nitrogens is 1. The molecule has 0 saturated heterocycles. The van der Waals surface area contributed by atoms with E-state index in [1.54, 1.807) is 28.6 Å². The number of rotatable bonds is 3. The first-order chi connectivity index (χ1) is 11.4. The Bertz CT molecular complexity index is 847. The predicted molar refractivity (Wildman–Crippen MR) is 97.6 cm³/mol. The number of carbonyl (C=O) groups is 1. The fraction of sp³-hybridized carbons (Fsp3) is 0.333. The van der Waals surface area contributed by atoms with Gasteiger partial charge in [0.25, 0.3) is 0 Å². The zero-order valence-electron chi connectivity index (χ0n) is 14.3. The van der Waals surface area contributed by atoms with E-state index in [1.165, 1.54) is 0 Å². The Balaban J connectivity index is 1.87. The van der Waals surface area contributed by atoms with Crippen molar-refractivity contribution in [2.45, 2.75) is 33.2 Å². The molecule has 126 valence electrons. The van der Waals surface area contributed by atoms with Crippen LogP contribution in [0.15, 0.2) is 36.0 Å². The van der Waals surface area contributed by atoms with E-state index in [0.29, 0.717) is 12.3 Å². The number of ether oxygens (including phenoxy) is 1. The van der Waals surface area contributed by atoms with Gasteiger partial charge in [-0.3, -0.25) is 0 Å². The van der Waals surface area contributed by atoms with Crippen molar-refractivity contribution in [1.29, 1.82) is 0 Å². The van der Waals surface area contributed by atoms with Crippen molar-refractivity contribution in [2.24, 2.45) is 0 Å².